The fourth-order valence-electron chi connectivity index (χ4n) is 1.32. The highest BCUT2D eigenvalue weighted by Crippen LogP contribution is 2.20. The van der Waals surface area contributed by atoms with E-state index in [2.05, 4.69) is 5.32 Å². The Balaban J connectivity index is 2.84. The molecule has 0 saturated carbocycles. The number of benzene rings is 1. The average molecular weight is 258 g/mol. The van der Waals surface area contributed by atoms with Crippen molar-refractivity contribution in [2.75, 3.05) is 37.8 Å². The molecular weight excluding hydrogens is 240 g/mol. The maximum absolute atomic E-state index is 11.9. The summed E-state index contributed by atoms with van der Waals surface area (Å²) in [5.41, 5.74) is 0.627. The van der Waals surface area contributed by atoms with Crippen LogP contribution in [-0.4, -0.2) is 41.9 Å². The number of hydrogen-bond acceptors (Lipinski definition) is 4. The van der Waals surface area contributed by atoms with Crippen molar-refractivity contribution in [2.24, 2.45) is 0 Å². The Labute approximate surface area is 102 Å². The molecule has 0 bridgehead atoms. The maximum atomic E-state index is 11.9. The first-order valence-electron chi connectivity index (χ1n) is 5.26. The fourth-order valence-corrected chi connectivity index (χ4v) is 2.50. The van der Waals surface area contributed by atoms with E-state index in [0.29, 0.717) is 18.0 Å². The molecule has 0 heterocycles. The van der Waals surface area contributed by atoms with Crippen LogP contribution in [0, 0.1) is 0 Å². The number of ether oxygens (including phenoxy) is 1. The first-order chi connectivity index (χ1) is 8.01. The van der Waals surface area contributed by atoms with Crippen LogP contribution in [0.3, 0.4) is 0 Å². The Morgan fingerprint density at radius 2 is 1.88 bits per heavy atom. The van der Waals surface area contributed by atoms with Crippen molar-refractivity contribution in [1.82, 2.24) is 5.32 Å². The first kappa shape index (κ1) is 13.8. The van der Waals surface area contributed by atoms with Gasteiger partial charge < -0.3 is 10.1 Å². The van der Waals surface area contributed by atoms with Crippen molar-refractivity contribution >= 4 is 15.7 Å². The van der Waals surface area contributed by atoms with Crippen molar-refractivity contribution in [3.8, 4) is 5.75 Å². The van der Waals surface area contributed by atoms with Gasteiger partial charge in [0.2, 0.25) is 10.0 Å². The SMILES string of the molecule is CNCCS(=O)(=O)N(C)c1ccc(OC)cc1. The number of nitrogens with zero attached hydrogens (tertiary/aromatic N) is 1. The molecule has 6 heteroatoms. The molecule has 0 spiro atoms. The predicted octanol–water partition coefficient (Wildman–Crippen LogP) is 0.681. The van der Waals surface area contributed by atoms with Gasteiger partial charge in [-0.15, -0.1) is 0 Å². The molecule has 0 aromatic heterocycles. The van der Waals surface area contributed by atoms with Gasteiger partial charge >= 0.3 is 0 Å². The van der Waals surface area contributed by atoms with Crippen LogP contribution in [0.15, 0.2) is 24.3 Å². The highest BCUT2D eigenvalue weighted by molar-refractivity contribution is 7.92. The van der Waals surface area contributed by atoms with Gasteiger partial charge in [0, 0.05) is 13.6 Å². The molecule has 96 valence electrons. The largest absolute Gasteiger partial charge is 0.497 e. The Morgan fingerprint density at radius 3 is 2.35 bits per heavy atom. The number of hydrogen-bond donors (Lipinski definition) is 1. The zero-order valence-corrected chi connectivity index (χ0v) is 11.1. The smallest absolute Gasteiger partial charge is 0.236 e. The van der Waals surface area contributed by atoms with E-state index in [1.165, 1.54) is 4.31 Å². The second-order valence-corrected chi connectivity index (χ2v) is 5.70. The highest BCUT2D eigenvalue weighted by atomic mass is 32.2. The van der Waals surface area contributed by atoms with E-state index in [4.69, 9.17) is 4.74 Å². The Bertz CT molecular complexity index is 442. The van der Waals surface area contributed by atoms with Crippen LogP contribution in [0.5, 0.6) is 5.75 Å². The topological polar surface area (TPSA) is 58.6 Å². The molecule has 0 radical (unpaired) electrons. The molecule has 1 aromatic rings. The van der Waals surface area contributed by atoms with Gasteiger partial charge in [0.05, 0.1) is 18.6 Å². The van der Waals surface area contributed by atoms with E-state index >= 15 is 0 Å². The molecule has 5 nitrogen and oxygen atoms in total. The molecule has 0 unspecified atom stereocenters. The third-order valence-electron chi connectivity index (χ3n) is 2.46. The van der Waals surface area contributed by atoms with Crippen molar-refractivity contribution in [3.63, 3.8) is 0 Å². The quantitative estimate of drug-likeness (QED) is 0.815. The van der Waals surface area contributed by atoms with E-state index in [1.54, 1.807) is 45.5 Å². The van der Waals surface area contributed by atoms with Crippen molar-refractivity contribution in [1.29, 1.82) is 0 Å². The lowest BCUT2D eigenvalue weighted by molar-refractivity contribution is 0.415. The van der Waals surface area contributed by atoms with Gasteiger partial charge in [-0.3, -0.25) is 4.31 Å². The number of rotatable bonds is 6. The summed E-state index contributed by atoms with van der Waals surface area (Å²) in [7, 11) is 1.58. The summed E-state index contributed by atoms with van der Waals surface area (Å²) in [6.07, 6.45) is 0. The number of anilines is 1. The number of methoxy groups -OCH3 is 1. The monoisotopic (exact) mass is 258 g/mol. The molecule has 0 aliphatic carbocycles. The van der Waals surface area contributed by atoms with Gasteiger partial charge in [-0.05, 0) is 31.3 Å². The maximum Gasteiger partial charge on any atom is 0.236 e. The Morgan fingerprint density at radius 1 is 1.29 bits per heavy atom. The molecule has 1 aromatic carbocycles. The summed E-state index contributed by atoms with van der Waals surface area (Å²) in [4.78, 5) is 0. The molecule has 0 saturated heterocycles. The molecule has 0 atom stereocenters. The summed E-state index contributed by atoms with van der Waals surface area (Å²) in [5, 5.41) is 2.82. The third-order valence-corrected chi connectivity index (χ3v) is 4.23. The van der Waals surface area contributed by atoms with E-state index < -0.39 is 10.0 Å². The van der Waals surface area contributed by atoms with E-state index in [9.17, 15) is 8.42 Å². The number of sulfonamides is 1. The standard InChI is InChI=1S/C11H18N2O3S/c1-12-8-9-17(14,15)13(2)10-4-6-11(16-3)7-5-10/h4-7,12H,8-9H2,1-3H3. The van der Waals surface area contributed by atoms with Crippen molar-refractivity contribution in [2.45, 2.75) is 0 Å². The average Bonchev–Trinajstić information content (AvgIpc) is 2.35. The molecule has 0 amide bonds. The minimum absolute atomic E-state index is 0.0754. The first-order valence-corrected chi connectivity index (χ1v) is 6.87. The Kier molecular flexibility index (Phi) is 4.77. The second-order valence-electron chi connectivity index (χ2n) is 3.59. The minimum atomic E-state index is -3.27. The van der Waals surface area contributed by atoms with Gasteiger partial charge in [-0.1, -0.05) is 0 Å². The predicted molar refractivity (Wildman–Crippen MR) is 69.1 cm³/mol. The summed E-state index contributed by atoms with van der Waals surface area (Å²) >= 11 is 0. The molecule has 1 rings (SSSR count). The summed E-state index contributed by atoms with van der Waals surface area (Å²) < 4.78 is 30.1. The van der Waals surface area contributed by atoms with Gasteiger partial charge in [-0.2, -0.15) is 0 Å². The molecular formula is C11H18N2O3S. The van der Waals surface area contributed by atoms with Crippen LogP contribution in [0.4, 0.5) is 5.69 Å². The molecule has 17 heavy (non-hydrogen) atoms. The van der Waals surface area contributed by atoms with Crippen LogP contribution in [0.25, 0.3) is 0 Å². The molecule has 0 aliphatic rings. The molecule has 0 aliphatic heterocycles. The highest BCUT2D eigenvalue weighted by Gasteiger charge is 2.17. The van der Waals surface area contributed by atoms with Gasteiger partial charge in [0.1, 0.15) is 5.75 Å². The summed E-state index contributed by atoms with van der Waals surface area (Å²) in [5.74, 6) is 0.779. The van der Waals surface area contributed by atoms with Crippen LogP contribution in [0.1, 0.15) is 0 Å². The van der Waals surface area contributed by atoms with Crippen LogP contribution < -0.4 is 14.4 Å². The van der Waals surface area contributed by atoms with Crippen LogP contribution in [-0.2, 0) is 10.0 Å². The zero-order valence-electron chi connectivity index (χ0n) is 10.3. The molecule has 0 fully saturated rings. The van der Waals surface area contributed by atoms with Crippen LogP contribution in [0.2, 0.25) is 0 Å². The lowest BCUT2D eigenvalue weighted by Gasteiger charge is -2.19. The minimum Gasteiger partial charge on any atom is -0.497 e. The van der Waals surface area contributed by atoms with Crippen molar-refractivity contribution in [3.05, 3.63) is 24.3 Å². The normalized spacial score (nSPS) is 11.2. The van der Waals surface area contributed by atoms with Crippen LogP contribution >= 0.6 is 0 Å². The van der Waals surface area contributed by atoms with E-state index in [0.717, 1.165) is 0 Å². The lowest BCUT2D eigenvalue weighted by Crippen LogP contribution is -2.32. The second kappa shape index (κ2) is 5.88. The van der Waals surface area contributed by atoms with Crippen molar-refractivity contribution < 1.29 is 13.2 Å². The van der Waals surface area contributed by atoms with Gasteiger partial charge in [0.15, 0.2) is 0 Å². The lowest BCUT2D eigenvalue weighted by atomic mass is 10.3. The Hall–Kier alpha value is -1.27. The molecule has 1 N–H and O–H groups in total. The van der Waals surface area contributed by atoms with Gasteiger partial charge in [0.25, 0.3) is 0 Å². The third kappa shape index (κ3) is 3.61. The van der Waals surface area contributed by atoms with E-state index in [-0.39, 0.29) is 5.75 Å². The van der Waals surface area contributed by atoms with Gasteiger partial charge in [-0.25, -0.2) is 8.42 Å². The van der Waals surface area contributed by atoms with E-state index in [1.807, 2.05) is 0 Å². The summed E-state index contributed by atoms with van der Waals surface area (Å²) in [6.45, 7) is 0.433. The zero-order chi connectivity index (χ0) is 12.9. The summed E-state index contributed by atoms with van der Waals surface area (Å²) in [6, 6.07) is 6.91. The fraction of sp³-hybridized carbons (Fsp3) is 0.455. The number of nitrogens with one attached hydrogen (secondary N) is 1.